The number of halogens is 2. The van der Waals surface area contributed by atoms with E-state index in [4.69, 9.17) is 16.3 Å². The van der Waals surface area contributed by atoms with Gasteiger partial charge < -0.3 is 4.74 Å². The topological polar surface area (TPSA) is 26.3 Å². The molecule has 0 amide bonds. The summed E-state index contributed by atoms with van der Waals surface area (Å²) < 4.78 is 6.45. The van der Waals surface area contributed by atoms with Gasteiger partial charge in [-0.3, -0.25) is 0 Å². The van der Waals surface area contributed by atoms with E-state index in [-0.39, 0.29) is 5.97 Å². The smallest absolute Gasteiger partial charge is 0.343 e. The highest BCUT2D eigenvalue weighted by Gasteiger charge is 2.07. The summed E-state index contributed by atoms with van der Waals surface area (Å²) in [5, 5.41) is 0.594. The second kappa shape index (κ2) is 9.33. The first-order chi connectivity index (χ1) is 11.1. The van der Waals surface area contributed by atoms with Gasteiger partial charge >= 0.3 is 5.97 Å². The van der Waals surface area contributed by atoms with Crippen LogP contribution in [0.15, 0.2) is 84.9 Å². The Labute approximate surface area is 154 Å². The largest absolute Gasteiger partial charge is 0.423 e. The number of rotatable bonds is 2. The van der Waals surface area contributed by atoms with Crippen LogP contribution in [0.3, 0.4) is 0 Å². The zero-order chi connectivity index (χ0) is 16.5. The Kier molecular flexibility index (Phi) is 7.10. The lowest BCUT2D eigenvalue weighted by Crippen LogP contribution is -2.07. The molecule has 0 aromatic heterocycles. The van der Waals surface area contributed by atoms with E-state index in [1.165, 1.54) is 3.57 Å². The molecule has 0 saturated heterocycles. The Morgan fingerprint density at radius 3 is 1.78 bits per heavy atom. The van der Waals surface area contributed by atoms with Crippen LogP contribution >= 0.6 is 34.2 Å². The molecular formula is C19H14ClIO2. The highest BCUT2D eigenvalue weighted by Crippen LogP contribution is 2.14. The maximum atomic E-state index is 11.7. The van der Waals surface area contributed by atoms with Crippen molar-refractivity contribution in [2.24, 2.45) is 0 Å². The van der Waals surface area contributed by atoms with E-state index in [0.29, 0.717) is 16.3 Å². The van der Waals surface area contributed by atoms with E-state index in [0.717, 1.165) is 0 Å². The number of hydrogen-bond acceptors (Lipinski definition) is 2. The van der Waals surface area contributed by atoms with Crippen LogP contribution in [0.2, 0.25) is 5.02 Å². The Hall–Kier alpha value is -1.85. The molecule has 0 unspecified atom stereocenters. The molecule has 0 fully saturated rings. The summed E-state index contributed by atoms with van der Waals surface area (Å²) in [5.74, 6) is 0.144. The molecule has 3 rings (SSSR count). The van der Waals surface area contributed by atoms with Crippen molar-refractivity contribution in [1.29, 1.82) is 0 Å². The molecule has 2 nitrogen and oxygen atoms in total. The van der Waals surface area contributed by atoms with Gasteiger partial charge in [0.05, 0.1) is 5.56 Å². The Morgan fingerprint density at radius 1 is 0.783 bits per heavy atom. The SMILES string of the molecule is Ic1ccccc1.O=C(Oc1ccccc1)c1ccc(Cl)cc1. The van der Waals surface area contributed by atoms with Crippen LogP contribution in [0.4, 0.5) is 0 Å². The summed E-state index contributed by atoms with van der Waals surface area (Å²) in [5.41, 5.74) is 0.480. The fourth-order valence-electron chi connectivity index (χ4n) is 1.66. The molecule has 116 valence electrons. The first kappa shape index (κ1) is 17.5. The third-order valence-electron chi connectivity index (χ3n) is 2.77. The van der Waals surface area contributed by atoms with Crippen LogP contribution < -0.4 is 4.74 Å². The van der Waals surface area contributed by atoms with Crippen LogP contribution in [-0.4, -0.2) is 5.97 Å². The van der Waals surface area contributed by atoms with Crippen molar-refractivity contribution in [3.05, 3.63) is 99.1 Å². The highest BCUT2D eigenvalue weighted by atomic mass is 127. The summed E-state index contributed by atoms with van der Waals surface area (Å²) in [6, 6.07) is 25.7. The van der Waals surface area contributed by atoms with Crippen LogP contribution in [0.25, 0.3) is 0 Å². The van der Waals surface area contributed by atoms with E-state index >= 15 is 0 Å². The molecule has 0 N–H and O–H groups in total. The van der Waals surface area contributed by atoms with Crippen molar-refractivity contribution in [2.45, 2.75) is 0 Å². The molecule has 0 bridgehead atoms. The first-order valence-corrected chi connectivity index (χ1v) is 8.34. The van der Waals surface area contributed by atoms with E-state index < -0.39 is 0 Å². The lowest BCUT2D eigenvalue weighted by molar-refractivity contribution is 0.0735. The average molecular weight is 437 g/mol. The van der Waals surface area contributed by atoms with Crippen molar-refractivity contribution >= 4 is 40.2 Å². The molecule has 0 saturated carbocycles. The predicted molar refractivity (Wildman–Crippen MR) is 102 cm³/mol. The minimum atomic E-state index is -0.386. The molecule has 0 radical (unpaired) electrons. The van der Waals surface area contributed by atoms with Gasteiger partial charge in [-0.25, -0.2) is 4.79 Å². The van der Waals surface area contributed by atoms with Gasteiger partial charge in [0.25, 0.3) is 0 Å². The minimum absolute atomic E-state index is 0.386. The molecule has 4 heteroatoms. The van der Waals surface area contributed by atoms with Crippen molar-refractivity contribution in [2.75, 3.05) is 0 Å². The first-order valence-electron chi connectivity index (χ1n) is 6.88. The second-order valence-corrected chi connectivity index (χ2v) is 6.19. The predicted octanol–water partition coefficient (Wildman–Crippen LogP) is 5.85. The average Bonchev–Trinajstić information content (AvgIpc) is 2.57. The van der Waals surface area contributed by atoms with E-state index in [1.807, 2.05) is 36.4 Å². The maximum Gasteiger partial charge on any atom is 0.343 e. The normalized spacial score (nSPS) is 9.48. The van der Waals surface area contributed by atoms with Crippen molar-refractivity contribution in [1.82, 2.24) is 0 Å². The summed E-state index contributed by atoms with van der Waals surface area (Å²) in [6.45, 7) is 0. The molecule has 3 aromatic carbocycles. The zero-order valence-corrected chi connectivity index (χ0v) is 15.1. The molecule has 0 aliphatic heterocycles. The van der Waals surface area contributed by atoms with Gasteiger partial charge in [0, 0.05) is 8.59 Å². The summed E-state index contributed by atoms with van der Waals surface area (Å²) >= 11 is 8.00. The van der Waals surface area contributed by atoms with E-state index in [9.17, 15) is 4.79 Å². The number of carbonyl (C=O) groups is 1. The van der Waals surface area contributed by atoms with Crippen LogP contribution in [-0.2, 0) is 0 Å². The van der Waals surface area contributed by atoms with E-state index in [1.54, 1.807) is 36.4 Å². The molecule has 0 spiro atoms. The Bertz CT molecular complexity index is 728. The van der Waals surface area contributed by atoms with Gasteiger partial charge in [-0.05, 0) is 71.1 Å². The molecular weight excluding hydrogens is 423 g/mol. The Morgan fingerprint density at radius 2 is 1.30 bits per heavy atom. The molecule has 0 aliphatic carbocycles. The fourth-order valence-corrected chi connectivity index (χ4v) is 2.20. The minimum Gasteiger partial charge on any atom is -0.423 e. The number of para-hydroxylation sites is 1. The van der Waals surface area contributed by atoms with Gasteiger partial charge in [0.1, 0.15) is 5.75 Å². The van der Waals surface area contributed by atoms with Gasteiger partial charge in [0.2, 0.25) is 0 Å². The Balaban J connectivity index is 0.000000229. The van der Waals surface area contributed by atoms with Crippen LogP contribution in [0, 0.1) is 3.57 Å². The number of esters is 1. The summed E-state index contributed by atoms with van der Waals surface area (Å²) in [4.78, 5) is 11.7. The lowest BCUT2D eigenvalue weighted by atomic mass is 10.2. The quantitative estimate of drug-likeness (QED) is 0.286. The maximum absolute atomic E-state index is 11.7. The number of hydrogen-bond donors (Lipinski definition) is 0. The number of ether oxygens (including phenoxy) is 1. The molecule has 0 aliphatic rings. The number of carbonyl (C=O) groups excluding carboxylic acids is 1. The second-order valence-electron chi connectivity index (χ2n) is 4.51. The number of benzene rings is 3. The highest BCUT2D eigenvalue weighted by molar-refractivity contribution is 14.1. The van der Waals surface area contributed by atoms with Crippen LogP contribution in [0.5, 0.6) is 5.75 Å². The molecule has 23 heavy (non-hydrogen) atoms. The lowest BCUT2D eigenvalue weighted by Gasteiger charge is -2.03. The monoisotopic (exact) mass is 436 g/mol. The third kappa shape index (κ3) is 6.42. The summed E-state index contributed by atoms with van der Waals surface area (Å²) in [7, 11) is 0. The summed E-state index contributed by atoms with van der Waals surface area (Å²) in [6.07, 6.45) is 0. The van der Waals surface area contributed by atoms with Crippen LogP contribution in [0.1, 0.15) is 10.4 Å². The third-order valence-corrected chi connectivity index (χ3v) is 3.74. The molecule has 0 atom stereocenters. The standard InChI is InChI=1S/C13H9ClO2.C6H5I/c14-11-8-6-10(7-9-11)13(15)16-12-4-2-1-3-5-12;7-6-4-2-1-3-5-6/h1-9H;1-5H. The van der Waals surface area contributed by atoms with Gasteiger partial charge in [-0.1, -0.05) is 48.0 Å². The van der Waals surface area contributed by atoms with Gasteiger partial charge in [-0.2, -0.15) is 0 Å². The van der Waals surface area contributed by atoms with Gasteiger partial charge in [-0.15, -0.1) is 0 Å². The van der Waals surface area contributed by atoms with Crippen molar-refractivity contribution in [3.8, 4) is 5.75 Å². The molecule has 0 heterocycles. The zero-order valence-electron chi connectivity index (χ0n) is 12.2. The fraction of sp³-hybridized carbons (Fsp3) is 0. The molecule has 3 aromatic rings. The van der Waals surface area contributed by atoms with Gasteiger partial charge in [0.15, 0.2) is 0 Å². The van der Waals surface area contributed by atoms with Crippen molar-refractivity contribution < 1.29 is 9.53 Å². The van der Waals surface area contributed by atoms with Crippen molar-refractivity contribution in [3.63, 3.8) is 0 Å². The van der Waals surface area contributed by atoms with E-state index in [2.05, 4.69) is 34.7 Å².